The fourth-order valence-electron chi connectivity index (χ4n) is 3.27. The highest BCUT2D eigenvalue weighted by molar-refractivity contribution is 6.24. The third-order valence-electron chi connectivity index (χ3n) is 4.60. The molecule has 2 aromatic carbocycles. The van der Waals surface area contributed by atoms with E-state index in [2.05, 4.69) is 16.0 Å². The molecule has 0 saturated heterocycles. The molecule has 0 unspecified atom stereocenters. The topological polar surface area (TPSA) is 127 Å². The number of hydrogen-bond donors (Lipinski definition) is 6. The van der Waals surface area contributed by atoms with Gasteiger partial charge >= 0.3 is 0 Å². The number of benzene rings is 2. The van der Waals surface area contributed by atoms with E-state index in [1.165, 1.54) is 0 Å². The van der Waals surface area contributed by atoms with Crippen molar-refractivity contribution in [1.29, 1.82) is 10.8 Å². The van der Waals surface area contributed by atoms with Crippen LogP contribution in [0.3, 0.4) is 0 Å². The lowest BCUT2D eigenvalue weighted by atomic mass is 9.95. The summed E-state index contributed by atoms with van der Waals surface area (Å²) in [4.78, 5) is 12.0. The number of nitrogens with one attached hydrogen (secondary N) is 5. The van der Waals surface area contributed by atoms with E-state index in [0.29, 0.717) is 23.2 Å². The zero-order valence-electron chi connectivity index (χ0n) is 15.9. The third kappa shape index (κ3) is 3.73. The second-order valence-electron chi connectivity index (χ2n) is 6.74. The smallest absolute Gasteiger partial charge is 0.226 e. The number of carbonyl (C=O) groups is 1. The Morgan fingerprint density at radius 1 is 1.32 bits per heavy atom. The van der Waals surface area contributed by atoms with E-state index in [0.717, 1.165) is 28.7 Å². The van der Waals surface area contributed by atoms with E-state index in [9.17, 15) is 4.79 Å². The van der Waals surface area contributed by atoms with Crippen molar-refractivity contribution in [2.24, 2.45) is 0 Å². The molecule has 7 N–H and O–H groups in total. The van der Waals surface area contributed by atoms with Gasteiger partial charge in [0.1, 0.15) is 0 Å². The Kier molecular flexibility index (Phi) is 5.44. The van der Waals surface area contributed by atoms with Gasteiger partial charge in [0.05, 0.1) is 17.1 Å². The number of carbonyl (C=O) groups excluding carboxylic acids is 1. The third-order valence-corrected chi connectivity index (χ3v) is 4.60. The predicted molar refractivity (Wildman–Crippen MR) is 115 cm³/mol. The first-order valence-corrected chi connectivity index (χ1v) is 9.01. The van der Waals surface area contributed by atoms with Crippen LogP contribution in [0.1, 0.15) is 18.9 Å². The standard InChI is InChI=1S/C21H24N6O/c1-12-8-19(28)27-18-5-3-4-15(21(18)26-12)13-6-7-17(23)16(9-13)20(24)14(10-22)11-25-2/h3-7,9-12,22,24-26H,8,23H2,1-2H3,(H,27,28)/b14-11+,22-10?,24-20?/t12-/m1/s1. The van der Waals surface area contributed by atoms with Crippen LogP contribution in [0, 0.1) is 10.8 Å². The van der Waals surface area contributed by atoms with Crippen LogP contribution in [0.25, 0.3) is 11.1 Å². The van der Waals surface area contributed by atoms with Gasteiger partial charge in [0.15, 0.2) is 0 Å². The number of nitrogen functional groups attached to an aromatic ring is 1. The molecule has 0 bridgehead atoms. The summed E-state index contributed by atoms with van der Waals surface area (Å²) in [5.41, 5.74) is 11.1. The molecule has 1 heterocycles. The van der Waals surface area contributed by atoms with Crippen molar-refractivity contribution >= 4 is 34.9 Å². The summed E-state index contributed by atoms with van der Waals surface area (Å²) in [6.45, 7) is 1.97. The van der Waals surface area contributed by atoms with E-state index < -0.39 is 0 Å². The second-order valence-corrected chi connectivity index (χ2v) is 6.74. The molecule has 28 heavy (non-hydrogen) atoms. The molecule has 0 spiro atoms. The Labute approximate surface area is 164 Å². The SMILES string of the molecule is CN/C=C(\C=N)C(=N)c1cc(-c2cccc3c2N[C@H](C)CC(=O)N3)ccc1N. The fraction of sp³-hybridized carbons (Fsp3) is 0.190. The van der Waals surface area contributed by atoms with Crippen molar-refractivity contribution < 1.29 is 4.79 Å². The monoisotopic (exact) mass is 376 g/mol. The van der Waals surface area contributed by atoms with Gasteiger partial charge in [-0.25, -0.2) is 0 Å². The maximum absolute atomic E-state index is 12.0. The van der Waals surface area contributed by atoms with Gasteiger partial charge < -0.3 is 27.1 Å². The molecular weight excluding hydrogens is 352 g/mol. The van der Waals surface area contributed by atoms with Gasteiger partial charge in [-0.2, -0.15) is 0 Å². The average Bonchev–Trinajstić information content (AvgIpc) is 2.82. The minimum absolute atomic E-state index is 0.00275. The largest absolute Gasteiger partial charge is 0.398 e. The molecular formula is C21H24N6O. The lowest BCUT2D eigenvalue weighted by Gasteiger charge is -2.18. The first-order valence-electron chi connectivity index (χ1n) is 9.01. The number of hydrogen-bond acceptors (Lipinski definition) is 6. The van der Waals surface area contributed by atoms with Crippen molar-refractivity contribution in [1.82, 2.24) is 5.32 Å². The van der Waals surface area contributed by atoms with Gasteiger partial charge in [-0.05, 0) is 30.7 Å². The number of amides is 1. The second kappa shape index (κ2) is 7.96. The molecule has 7 heteroatoms. The summed E-state index contributed by atoms with van der Waals surface area (Å²) in [6.07, 6.45) is 3.11. The number of nitrogens with two attached hydrogens (primary N) is 1. The zero-order chi connectivity index (χ0) is 20.3. The first-order chi connectivity index (χ1) is 13.4. The van der Waals surface area contributed by atoms with E-state index in [1.54, 1.807) is 19.3 Å². The summed E-state index contributed by atoms with van der Waals surface area (Å²) in [5.74, 6) is -0.0245. The normalized spacial score (nSPS) is 16.3. The molecule has 1 amide bonds. The number of rotatable bonds is 5. The molecule has 0 fully saturated rings. The van der Waals surface area contributed by atoms with Crippen LogP contribution in [-0.4, -0.2) is 30.9 Å². The van der Waals surface area contributed by atoms with Crippen molar-refractivity contribution in [3.63, 3.8) is 0 Å². The van der Waals surface area contributed by atoms with E-state index in [4.69, 9.17) is 16.6 Å². The van der Waals surface area contributed by atoms with Crippen LogP contribution in [0.2, 0.25) is 0 Å². The zero-order valence-corrected chi connectivity index (χ0v) is 15.9. The Morgan fingerprint density at radius 3 is 2.82 bits per heavy atom. The van der Waals surface area contributed by atoms with Crippen LogP contribution in [0.15, 0.2) is 48.2 Å². The van der Waals surface area contributed by atoms with Gasteiger partial charge in [0, 0.05) is 54.3 Å². The summed E-state index contributed by atoms with van der Waals surface area (Å²) >= 11 is 0. The average molecular weight is 376 g/mol. The maximum Gasteiger partial charge on any atom is 0.226 e. The fourth-order valence-corrected chi connectivity index (χ4v) is 3.27. The number of allylic oxidation sites excluding steroid dienone is 1. The van der Waals surface area contributed by atoms with E-state index in [-0.39, 0.29) is 17.7 Å². The number of para-hydroxylation sites is 1. The minimum atomic E-state index is -0.0245. The summed E-state index contributed by atoms with van der Waals surface area (Å²) in [5, 5.41) is 25.2. The predicted octanol–water partition coefficient (Wildman–Crippen LogP) is 3.20. The van der Waals surface area contributed by atoms with Gasteiger partial charge in [-0.15, -0.1) is 0 Å². The lowest BCUT2D eigenvalue weighted by molar-refractivity contribution is -0.116. The highest BCUT2D eigenvalue weighted by Crippen LogP contribution is 2.37. The molecule has 2 aromatic rings. The van der Waals surface area contributed by atoms with Gasteiger partial charge in [0.2, 0.25) is 5.91 Å². The maximum atomic E-state index is 12.0. The van der Waals surface area contributed by atoms with Crippen LogP contribution in [-0.2, 0) is 4.79 Å². The molecule has 144 valence electrons. The van der Waals surface area contributed by atoms with Crippen LogP contribution in [0.4, 0.5) is 17.1 Å². The van der Waals surface area contributed by atoms with Crippen LogP contribution < -0.4 is 21.7 Å². The van der Waals surface area contributed by atoms with E-state index >= 15 is 0 Å². The van der Waals surface area contributed by atoms with Crippen molar-refractivity contribution in [2.45, 2.75) is 19.4 Å². The Hall–Kier alpha value is -3.61. The molecule has 0 aromatic heterocycles. The molecule has 1 aliphatic rings. The molecule has 1 atom stereocenters. The summed E-state index contributed by atoms with van der Waals surface area (Å²) in [7, 11) is 1.72. The highest BCUT2D eigenvalue weighted by Gasteiger charge is 2.21. The molecule has 3 rings (SSSR count). The van der Waals surface area contributed by atoms with Gasteiger partial charge in [-0.1, -0.05) is 18.2 Å². The number of fused-ring (bicyclic) bond motifs is 1. The van der Waals surface area contributed by atoms with Gasteiger partial charge in [0.25, 0.3) is 0 Å². The van der Waals surface area contributed by atoms with Crippen LogP contribution in [0.5, 0.6) is 0 Å². The minimum Gasteiger partial charge on any atom is -0.398 e. The molecule has 0 radical (unpaired) electrons. The Morgan fingerprint density at radius 2 is 2.11 bits per heavy atom. The van der Waals surface area contributed by atoms with Crippen molar-refractivity contribution in [3.8, 4) is 11.1 Å². The lowest BCUT2D eigenvalue weighted by Crippen LogP contribution is -2.19. The molecule has 1 aliphatic heterocycles. The number of anilines is 3. The Bertz CT molecular complexity index is 979. The first kappa shape index (κ1) is 19.2. The summed E-state index contributed by atoms with van der Waals surface area (Å²) in [6, 6.07) is 11.2. The van der Waals surface area contributed by atoms with Gasteiger partial charge in [-0.3, -0.25) is 10.2 Å². The van der Waals surface area contributed by atoms with E-state index in [1.807, 2.05) is 37.3 Å². The highest BCUT2D eigenvalue weighted by atomic mass is 16.1. The summed E-state index contributed by atoms with van der Waals surface area (Å²) < 4.78 is 0. The van der Waals surface area contributed by atoms with Crippen molar-refractivity contribution in [3.05, 3.63) is 53.7 Å². The molecule has 0 aliphatic carbocycles. The van der Waals surface area contributed by atoms with Crippen molar-refractivity contribution in [2.75, 3.05) is 23.4 Å². The Balaban J connectivity index is 2.11. The van der Waals surface area contributed by atoms with Crippen LogP contribution >= 0.6 is 0 Å². The molecule has 0 saturated carbocycles. The molecule has 7 nitrogen and oxygen atoms in total. The quantitative estimate of drug-likeness (QED) is 0.354.